The van der Waals surface area contributed by atoms with Crippen molar-refractivity contribution < 1.29 is 8.42 Å². The molecule has 82 valence electrons. The van der Waals surface area contributed by atoms with Gasteiger partial charge in [0.15, 0.2) is 14.9 Å². The topological polar surface area (TPSA) is 47.0 Å². The molecule has 1 fully saturated rings. The summed E-state index contributed by atoms with van der Waals surface area (Å²) >= 11 is 0. The highest BCUT2D eigenvalue weighted by Gasteiger charge is 2.37. The van der Waals surface area contributed by atoms with E-state index < -0.39 is 9.84 Å². The van der Waals surface area contributed by atoms with Gasteiger partial charge in [-0.1, -0.05) is 18.2 Å². The van der Waals surface area contributed by atoms with Crippen LogP contribution in [0.2, 0.25) is 0 Å². The average Bonchev–Trinajstić information content (AvgIpc) is 3.12. The Morgan fingerprint density at radius 2 is 1.81 bits per heavy atom. The Morgan fingerprint density at radius 1 is 1.06 bits per heavy atom. The van der Waals surface area contributed by atoms with Crippen molar-refractivity contribution in [3.63, 3.8) is 0 Å². The third kappa shape index (κ3) is 1.50. The molecule has 1 aromatic carbocycles. The number of hydrogen-bond donors (Lipinski definition) is 0. The van der Waals surface area contributed by atoms with Gasteiger partial charge in [0, 0.05) is 5.39 Å². The zero-order valence-corrected chi connectivity index (χ0v) is 9.44. The van der Waals surface area contributed by atoms with Gasteiger partial charge in [0.05, 0.1) is 10.8 Å². The first kappa shape index (κ1) is 9.78. The lowest BCUT2D eigenvalue weighted by Crippen LogP contribution is -2.08. The molecule has 1 aromatic heterocycles. The summed E-state index contributed by atoms with van der Waals surface area (Å²) in [5.74, 6) is 0. The Balaban J connectivity index is 2.18. The van der Waals surface area contributed by atoms with E-state index in [-0.39, 0.29) is 10.3 Å². The molecule has 4 heteroatoms. The van der Waals surface area contributed by atoms with Crippen molar-refractivity contribution >= 4 is 20.7 Å². The molecule has 1 aliphatic rings. The van der Waals surface area contributed by atoms with Crippen molar-refractivity contribution in [3.8, 4) is 0 Å². The fraction of sp³-hybridized carbons (Fsp3) is 0.250. The maximum atomic E-state index is 12.0. The van der Waals surface area contributed by atoms with Gasteiger partial charge in [0.25, 0.3) is 0 Å². The van der Waals surface area contributed by atoms with Crippen molar-refractivity contribution in [1.29, 1.82) is 0 Å². The zero-order chi connectivity index (χ0) is 11.2. The van der Waals surface area contributed by atoms with Crippen LogP contribution in [0.4, 0.5) is 0 Å². The first-order valence-electron chi connectivity index (χ1n) is 5.27. The number of benzene rings is 1. The second kappa shape index (κ2) is 3.28. The van der Waals surface area contributed by atoms with Crippen molar-refractivity contribution in [2.75, 3.05) is 0 Å². The van der Waals surface area contributed by atoms with Crippen LogP contribution >= 0.6 is 0 Å². The molecule has 1 saturated carbocycles. The van der Waals surface area contributed by atoms with Crippen molar-refractivity contribution in [2.45, 2.75) is 23.1 Å². The first-order chi connectivity index (χ1) is 7.68. The van der Waals surface area contributed by atoms with Crippen LogP contribution in [-0.2, 0) is 9.84 Å². The van der Waals surface area contributed by atoms with Gasteiger partial charge in [0.1, 0.15) is 0 Å². The second-order valence-corrected chi connectivity index (χ2v) is 6.26. The van der Waals surface area contributed by atoms with Gasteiger partial charge in [-0.05, 0) is 31.0 Å². The fourth-order valence-corrected chi connectivity index (χ4v) is 3.34. The molecule has 0 unspecified atom stereocenters. The maximum Gasteiger partial charge on any atom is 0.198 e. The molecule has 0 bridgehead atoms. The molecule has 3 nitrogen and oxygen atoms in total. The van der Waals surface area contributed by atoms with Crippen LogP contribution in [0.15, 0.2) is 41.4 Å². The Bertz CT molecular complexity index is 645. The van der Waals surface area contributed by atoms with E-state index in [4.69, 9.17) is 0 Å². The van der Waals surface area contributed by atoms with Gasteiger partial charge in [-0.15, -0.1) is 0 Å². The van der Waals surface area contributed by atoms with E-state index in [2.05, 4.69) is 4.98 Å². The van der Waals surface area contributed by atoms with E-state index in [1.54, 1.807) is 6.07 Å². The van der Waals surface area contributed by atoms with E-state index in [0.29, 0.717) is 0 Å². The number of rotatable bonds is 2. The molecule has 0 spiro atoms. The van der Waals surface area contributed by atoms with Crippen LogP contribution in [0.1, 0.15) is 12.8 Å². The van der Waals surface area contributed by atoms with Gasteiger partial charge < -0.3 is 0 Å². The second-order valence-electron chi connectivity index (χ2n) is 4.09. The quantitative estimate of drug-likeness (QED) is 0.798. The summed E-state index contributed by atoms with van der Waals surface area (Å²) in [6, 6.07) is 11.0. The number of sulfone groups is 1. The van der Waals surface area contributed by atoms with Crippen molar-refractivity contribution in [2.24, 2.45) is 0 Å². The summed E-state index contributed by atoms with van der Waals surface area (Å²) in [7, 11) is -3.17. The predicted octanol–water partition coefficient (Wildman–Crippen LogP) is 2.17. The number of nitrogens with zero attached hydrogens (tertiary/aromatic N) is 1. The number of pyridine rings is 1. The normalized spacial score (nSPS) is 16.5. The highest BCUT2D eigenvalue weighted by Crippen LogP contribution is 2.33. The lowest BCUT2D eigenvalue weighted by Gasteiger charge is -2.03. The molecule has 0 aliphatic heterocycles. The number of fused-ring (bicyclic) bond motifs is 1. The monoisotopic (exact) mass is 233 g/mol. The average molecular weight is 233 g/mol. The molecule has 0 N–H and O–H groups in total. The van der Waals surface area contributed by atoms with E-state index in [1.807, 2.05) is 30.3 Å². The van der Waals surface area contributed by atoms with Crippen LogP contribution in [0.5, 0.6) is 0 Å². The minimum absolute atomic E-state index is 0.193. The maximum absolute atomic E-state index is 12.0. The van der Waals surface area contributed by atoms with Gasteiger partial charge in [0.2, 0.25) is 0 Å². The first-order valence-corrected chi connectivity index (χ1v) is 6.82. The SMILES string of the molecule is O=S(=O)(c1ccc2ccccc2n1)C1CC1. The van der Waals surface area contributed by atoms with E-state index in [9.17, 15) is 8.42 Å². The van der Waals surface area contributed by atoms with Gasteiger partial charge in [-0.2, -0.15) is 0 Å². The molecule has 1 heterocycles. The minimum atomic E-state index is -3.17. The lowest BCUT2D eigenvalue weighted by molar-refractivity contribution is 0.591. The summed E-state index contributed by atoms with van der Waals surface area (Å²) in [6.45, 7) is 0. The third-order valence-electron chi connectivity index (χ3n) is 2.83. The van der Waals surface area contributed by atoms with Crippen LogP contribution in [0, 0.1) is 0 Å². The lowest BCUT2D eigenvalue weighted by atomic mass is 10.2. The molecule has 3 rings (SSSR count). The Morgan fingerprint density at radius 3 is 2.56 bits per heavy atom. The molecular weight excluding hydrogens is 222 g/mol. The Kier molecular flexibility index (Phi) is 2.01. The van der Waals surface area contributed by atoms with Crippen LogP contribution in [0.25, 0.3) is 10.9 Å². The van der Waals surface area contributed by atoms with Crippen molar-refractivity contribution in [3.05, 3.63) is 36.4 Å². The van der Waals surface area contributed by atoms with Crippen LogP contribution in [0.3, 0.4) is 0 Å². The van der Waals surface area contributed by atoms with Crippen LogP contribution < -0.4 is 0 Å². The summed E-state index contributed by atoms with van der Waals surface area (Å²) < 4.78 is 24.0. The number of aromatic nitrogens is 1. The van der Waals surface area contributed by atoms with Gasteiger partial charge in [-0.3, -0.25) is 0 Å². The Labute approximate surface area is 94.0 Å². The number of para-hydroxylation sites is 1. The molecule has 0 amide bonds. The molecule has 1 aliphatic carbocycles. The van der Waals surface area contributed by atoms with E-state index >= 15 is 0 Å². The highest BCUT2D eigenvalue weighted by atomic mass is 32.2. The van der Waals surface area contributed by atoms with E-state index in [0.717, 1.165) is 23.7 Å². The summed E-state index contributed by atoms with van der Waals surface area (Å²) in [6.07, 6.45) is 1.55. The van der Waals surface area contributed by atoms with Crippen molar-refractivity contribution in [1.82, 2.24) is 4.98 Å². The molecular formula is C12H11NO2S. The summed E-state index contributed by atoms with van der Waals surface area (Å²) in [4.78, 5) is 4.22. The summed E-state index contributed by atoms with van der Waals surface area (Å²) in [5, 5.41) is 0.993. The van der Waals surface area contributed by atoms with Gasteiger partial charge in [-0.25, -0.2) is 13.4 Å². The highest BCUT2D eigenvalue weighted by molar-refractivity contribution is 7.92. The fourth-order valence-electron chi connectivity index (χ4n) is 1.75. The summed E-state index contributed by atoms with van der Waals surface area (Å²) in [5.41, 5.74) is 0.740. The predicted molar refractivity (Wildman–Crippen MR) is 62.0 cm³/mol. The number of hydrogen-bond acceptors (Lipinski definition) is 3. The van der Waals surface area contributed by atoms with Crippen LogP contribution in [-0.4, -0.2) is 18.7 Å². The molecule has 16 heavy (non-hydrogen) atoms. The molecule has 2 aromatic rings. The van der Waals surface area contributed by atoms with E-state index in [1.165, 1.54) is 0 Å². The molecule has 0 saturated heterocycles. The molecule has 0 radical (unpaired) electrons. The largest absolute Gasteiger partial charge is 0.236 e. The zero-order valence-electron chi connectivity index (χ0n) is 8.63. The standard InChI is InChI=1S/C12H11NO2S/c14-16(15,10-6-7-10)12-8-5-9-3-1-2-4-11(9)13-12/h1-5,8,10H,6-7H2. The smallest absolute Gasteiger partial charge is 0.198 e. The van der Waals surface area contributed by atoms with Gasteiger partial charge >= 0.3 is 0 Å². The molecule has 0 atom stereocenters. The Hall–Kier alpha value is -1.42. The minimum Gasteiger partial charge on any atom is -0.236 e. The third-order valence-corrected chi connectivity index (χ3v) is 4.99.